The van der Waals surface area contributed by atoms with E-state index in [0.29, 0.717) is 33.2 Å². The number of furan rings is 1. The fourth-order valence-corrected chi connectivity index (χ4v) is 4.98. The van der Waals surface area contributed by atoms with E-state index in [-0.39, 0.29) is 40.2 Å². The van der Waals surface area contributed by atoms with E-state index in [1.54, 1.807) is 54.6 Å². The maximum atomic E-state index is 13.6. The molecule has 6 rings (SSSR count). The second kappa shape index (κ2) is 11.9. The Morgan fingerprint density at radius 3 is 2.56 bits per heavy atom. The van der Waals surface area contributed by atoms with Crippen LogP contribution in [0, 0.1) is 20.2 Å². The number of benzene rings is 4. The minimum Gasteiger partial charge on any atom is -0.496 e. The van der Waals surface area contributed by atoms with Gasteiger partial charge in [0.05, 0.1) is 44.5 Å². The normalized spacial score (nSPS) is 11.3. The number of aromatic nitrogens is 2. The average molecular weight is 626 g/mol. The van der Waals surface area contributed by atoms with Crippen LogP contribution in [0.15, 0.2) is 99.2 Å². The lowest BCUT2D eigenvalue weighted by Gasteiger charge is -2.10. The Hall–Kier alpha value is -6.08. The lowest BCUT2D eigenvalue weighted by molar-refractivity contribution is -0.385. The molecule has 4 aromatic carbocycles. The molecule has 6 aromatic rings. The number of methoxy groups -OCH3 is 1. The van der Waals surface area contributed by atoms with Crippen molar-refractivity contribution in [2.45, 2.75) is 6.61 Å². The van der Waals surface area contributed by atoms with Gasteiger partial charge in [0.1, 0.15) is 17.9 Å². The topological polar surface area (TPSA) is 165 Å². The van der Waals surface area contributed by atoms with E-state index in [4.69, 9.17) is 25.5 Å². The van der Waals surface area contributed by atoms with E-state index < -0.39 is 21.1 Å². The summed E-state index contributed by atoms with van der Waals surface area (Å²) >= 11 is 6.41. The summed E-state index contributed by atoms with van der Waals surface area (Å²) in [6, 6.07) is 22.0. The van der Waals surface area contributed by atoms with E-state index in [2.05, 4.69) is 10.1 Å². The molecule has 0 saturated heterocycles. The number of para-hydroxylation sites is 1. The van der Waals surface area contributed by atoms with Crippen LogP contribution in [0.4, 0.5) is 11.4 Å². The number of hydrogen-bond donors (Lipinski definition) is 0. The number of rotatable bonds is 9. The van der Waals surface area contributed by atoms with Crippen LogP contribution in [0.5, 0.6) is 11.5 Å². The maximum absolute atomic E-state index is 13.6. The minimum absolute atomic E-state index is 0.0886. The average Bonchev–Trinajstić information content (AvgIpc) is 3.48. The van der Waals surface area contributed by atoms with Gasteiger partial charge in [-0.05, 0) is 42.0 Å². The summed E-state index contributed by atoms with van der Waals surface area (Å²) in [7, 11) is 1.53. The zero-order valence-electron chi connectivity index (χ0n) is 23.2. The molecule has 0 saturated carbocycles. The fourth-order valence-electron chi connectivity index (χ4n) is 4.70. The zero-order chi connectivity index (χ0) is 31.7. The summed E-state index contributed by atoms with van der Waals surface area (Å²) in [4.78, 5) is 40.1. The number of halogens is 1. The van der Waals surface area contributed by atoms with Gasteiger partial charge in [0.15, 0.2) is 5.76 Å². The molecule has 0 radical (unpaired) electrons. The van der Waals surface area contributed by atoms with Gasteiger partial charge in [0.25, 0.3) is 11.2 Å². The molecular formula is C31H20ClN5O8. The number of hydrogen-bond acceptors (Lipinski definition) is 10. The zero-order valence-corrected chi connectivity index (χ0v) is 24.0. The maximum Gasteiger partial charge on any atom is 0.313 e. The Bertz CT molecular complexity index is 2230. The molecule has 0 spiro atoms. The number of nitro groups is 2. The highest BCUT2D eigenvalue weighted by Gasteiger charge is 2.22. The quantitative estimate of drug-likeness (QED) is 0.0959. The molecule has 0 aliphatic rings. The second-order valence-electron chi connectivity index (χ2n) is 9.62. The van der Waals surface area contributed by atoms with E-state index in [1.807, 2.05) is 0 Å². The predicted molar refractivity (Wildman–Crippen MR) is 166 cm³/mol. The number of non-ortho nitro benzene ring substituents is 1. The van der Waals surface area contributed by atoms with Crippen LogP contribution in [0.1, 0.15) is 11.1 Å². The van der Waals surface area contributed by atoms with Crippen molar-refractivity contribution in [3.8, 4) is 23.1 Å². The van der Waals surface area contributed by atoms with E-state index in [1.165, 1.54) is 43.7 Å². The largest absolute Gasteiger partial charge is 0.496 e. The van der Waals surface area contributed by atoms with Crippen molar-refractivity contribution in [3.05, 3.63) is 132 Å². The molecule has 0 N–H and O–H groups in total. The lowest BCUT2D eigenvalue weighted by Crippen LogP contribution is -2.20. The Morgan fingerprint density at radius 1 is 0.978 bits per heavy atom. The first-order valence-corrected chi connectivity index (χ1v) is 13.6. The third kappa shape index (κ3) is 5.67. The molecule has 224 valence electrons. The van der Waals surface area contributed by atoms with Gasteiger partial charge in [-0.25, -0.2) is 4.98 Å². The summed E-state index contributed by atoms with van der Waals surface area (Å²) in [6.45, 7) is -0.209. The molecule has 14 heteroatoms. The Labute approximate surface area is 257 Å². The lowest BCUT2D eigenvalue weighted by atomic mass is 10.2. The van der Waals surface area contributed by atoms with Crippen LogP contribution in [0.2, 0.25) is 5.02 Å². The van der Waals surface area contributed by atoms with Crippen LogP contribution >= 0.6 is 11.6 Å². The van der Waals surface area contributed by atoms with Crippen LogP contribution < -0.4 is 15.0 Å². The van der Waals surface area contributed by atoms with E-state index in [0.717, 1.165) is 4.68 Å². The standard InChI is InChI=1S/C31H20ClN5O8/c1-43-26-10-5-11-27-22(26)15-28(45-27)30-34-24-9-3-2-8-21(24)31(38)35(30)33-16-19-13-23(32)29(25(14-19)37(41)42)44-17-18-6-4-7-20(12-18)36(39)40/h2-16H,17H2,1H3. The Morgan fingerprint density at radius 2 is 1.78 bits per heavy atom. The summed E-state index contributed by atoms with van der Waals surface area (Å²) in [6.07, 6.45) is 1.23. The predicted octanol–water partition coefficient (Wildman–Crippen LogP) is 6.75. The van der Waals surface area contributed by atoms with Gasteiger partial charge in [0.2, 0.25) is 11.6 Å². The molecule has 0 amide bonds. The SMILES string of the molecule is COc1cccc2oc(-c3nc4ccccc4c(=O)n3N=Cc3cc(Cl)c(OCc4cccc([N+](=O)[O-])c4)c([N+](=O)[O-])c3)cc12. The summed E-state index contributed by atoms with van der Waals surface area (Å²) in [5, 5.41) is 28.3. The highest BCUT2D eigenvalue weighted by Crippen LogP contribution is 2.37. The highest BCUT2D eigenvalue weighted by atomic mass is 35.5. The van der Waals surface area contributed by atoms with Crippen molar-refractivity contribution in [1.29, 1.82) is 0 Å². The van der Waals surface area contributed by atoms with Gasteiger partial charge in [0, 0.05) is 23.8 Å². The molecule has 0 unspecified atom stereocenters. The van der Waals surface area contributed by atoms with E-state index in [9.17, 15) is 25.0 Å². The number of nitrogens with zero attached hydrogens (tertiary/aromatic N) is 5. The molecule has 13 nitrogen and oxygen atoms in total. The molecule has 0 atom stereocenters. The Balaban J connectivity index is 1.40. The van der Waals surface area contributed by atoms with Crippen LogP contribution in [0.3, 0.4) is 0 Å². The van der Waals surface area contributed by atoms with Crippen LogP contribution in [-0.4, -0.2) is 32.8 Å². The Kier molecular flexibility index (Phi) is 7.67. The van der Waals surface area contributed by atoms with Gasteiger partial charge >= 0.3 is 5.69 Å². The third-order valence-corrected chi connectivity index (χ3v) is 7.07. The summed E-state index contributed by atoms with van der Waals surface area (Å²) < 4.78 is 18.1. The molecule has 2 aromatic heterocycles. The summed E-state index contributed by atoms with van der Waals surface area (Å²) in [5.41, 5.74) is 0.402. The smallest absolute Gasteiger partial charge is 0.313 e. The number of ether oxygens (including phenoxy) is 2. The molecule has 45 heavy (non-hydrogen) atoms. The van der Waals surface area contributed by atoms with Gasteiger partial charge in [-0.1, -0.05) is 41.9 Å². The minimum atomic E-state index is -0.678. The van der Waals surface area contributed by atoms with Gasteiger partial charge in [-0.3, -0.25) is 25.0 Å². The number of fused-ring (bicyclic) bond motifs is 2. The van der Waals surface area contributed by atoms with Crippen LogP contribution in [-0.2, 0) is 6.61 Å². The summed E-state index contributed by atoms with van der Waals surface area (Å²) in [5.74, 6) is 0.663. The monoisotopic (exact) mass is 625 g/mol. The third-order valence-electron chi connectivity index (χ3n) is 6.79. The van der Waals surface area contributed by atoms with Gasteiger partial charge in [-0.15, -0.1) is 0 Å². The second-order valence-corrected chi connectivity index (χ2v) is 10.0. The molecule has 0 aliphatic carbocycles. The first-order valence-electron chi connectivity index (χ1n) is 13.2. The first-order chi connectivity index (χ1) is 21.7. The first kappa shape index (κ1) is 29.0. The van der Waals surface area contributed by atoms with Crippen LogP contribution in [0.25, 0.3) is 33.5 Å². The molecular weight excluding hydrogens is 606 g/mol. The van der Waals surface area contributed by atoms with Crippen molar-refractivity contribution in [2.75, 3.05) is 7.11 Å². The van der Waals surface area contributed by atoms with Crippen molar-refractivity contribution < 1.29 is 23.7 Å². The van der Waals surface area contributed by atoms with Gasteiger partial charge < -0.3 is 13.9 Å². The molecule has 0 bridgehead atoms. The fraction of sp³-hybridized carbons (Fsp3) is 0.0645. The van der Waals surface area contributed by atoms with Crippen molar-refractivity contribution in [3.63, 3.8) is 0 Å². The highest BCUT2D eigenvalue weighted by molar-refractivity contribution is 6.32. The van der Waals surface area contributed by atoms with Crippen molar-refractivity contribution in [2.24, 2.45) is 5.10 Å². The molecule has 0 fully saturated rings. The van der Waals surface area contributed by atoms with Gasteiger partial charge in [-0.2, -0.15) is 9.78 Å². The molecule has 0 aliphatic heterocycles. The van der Waals surface area contributed by atoms with Crippen molar-refractivity contribution >= 4 is 51.1 Å². The van der Waals surface area contributed by atoms with Crippen molar-refractivity contribution in [1.82, 2.24) is 9.66 Å². The van der Waals surface area contributed by atoms with E-state index >= 15 is 0 Å². The molecule has 2 heterocycles. The number of nitro benzene ring substituents is 2.